The van der Waals surface area contributed by atoms with E-state index >= 15 is 0 Å². The Hall–Kier alpha value is -1.07. The summed E-state index contributed by atoms with van der Waals surface area (Å²) >= 11 is 9.25. The van der Waals surface area contributed by atoms with Gasteiger partial charge in [0.25, 0.3) is 0 Å². The number of nitrogens with zero attached hydrogens (tertiary/aromatic N) is 3. The molecule has 4 nitrogen and oxygen atoms in total. The lowest BCUT2D eigenvalue weighted by Gasteiger charge is -2.07. The van der Waals surface area contributed by atoms with Crippen LogP contribution in [0.3, 0.4) is 0 Å². The summed E-state index contributed by atoms with van der Waals surface area (Å²) in [6, 6.07) is 1.84. The molecule has 1 N–H and O–H groups in total. The lowest BCUT2D eigenvalue weighted by Crippen LogP contribution is -2.05. The standard InChI is InChI=1S/C12H14BrClN4/c13-11-7-10(14)8-17-12(11)16-3-1-2-5-18-6-4-15-9-18/h4,6-9H,1-3,5H2,(H,16,17). The maximum absolute atomic E-state index is 5.83. The van der Waals surface area contributed by atoms with Gasteiger partial charge in [-0.05, 0) is 34.8 Å². The Morgan fingerprint density at radius 2 is 2.28 bits per heavy atom. The van der Waals surface area contributed by atoms with E-state index in [0.717, 1.165) is 36.2 Å². The van der Waals surface area contributed by atoms with Gasteiger partial charge in [-0.15, -0.1) is 0 Å². The minimum Gasteiger partial charge on any atom is -0.369 e. The van der Waals surface area contributed by atoms with Crippen LogP contribution in [0.25, 0.3) is 0 Å². The fourth-order valence-electron chi connectivity index (χ4n) is 1.59. The predicted molar refractivity (Wildman–Crippen MR) is 76.9 cm³/mol. The van der Waals surface area contributed by atoms with Gasteiger partial charge in [-0.3, -0.25) is 0 Å². The average Bonchev–Trinajstić information content (AvgIpc) is 2.84. The Bertz CT molecular complexity index is 487. The third-order valence-electron chi connectivity index (χ3n) is 2.50. The molecule has 18 heavy (non-hydrogen) atoms. The van der Waals surface area contributed by atoms with Gasteiger partial charge in [0, 0.05) is 31.7 Å². The van der Waals surface area contributed by atoms with Crippen molar-refractivity contribution in [1.82, 2.24) is 14.5 Å². The molecule has 2 aromatic heterocycles. The number of hydrogen-bond acceptors (Lipinski definition) is 3. The van der Waals surface area contributed by atoms with E-state index in [4.69, 9.17) is 11.6 Å². The van der Waals surface area contributed by atoms with Crippen LogP contribution in [0.5, 0.6) is 0 Å². The van der Waals surface area contributed by atoms with E-state index in [2.05, 4.69) is 35.8 Å². The van der Waals surface area contributed by atoms with Gasteiger partial charge in [0.05, 0.1) is 15.8 Å². The highest BCUT2D eigenvalue weighted by Gasteiger charge is 2.01. The molecule has 0 fully saturated rings. The number of hydrogen-bond donors (Lipinski definition) is 1. The van der Waals surface area contributed by atoms with E-state index in [1.165, 1.54) is 0 Å². The number of pyridine rings is 1. The van der Waals surface area contributed by atoms with Gasteiger partial charge < -0.3 is 9.88 Å². The van der Waals surface area contributed by atoms with Crippen LogP contribution in [0.2, 0.25) is 5.02 Å². The molecule has 2 aromatic rings. The molecule has 2 heterocycles. The van der Waals surface area contributed by atoms with Crippen LogP contribution >= 0.6 is 27.5 Å². The molecule has 0 radical (unpaired) electrons. The molecule has 0 aliphatic carbocycles. The van der Waals surface area contributed by atoms with Crippen LogP contribution in [0.4, 0.5) is 5.82 Å². The maximum atomic E-state index is 5.83. The molecule has 6 heteroatoms. The zero-order valence-electron chi connectivity index (χ0n) is 9.81. The fourth-order valence-corrected chi connectivity index (χ4v) is 2.37. The topological polar surface area (TPSA) is 42.7 Å². The highest BCUT2D eigenvalue weighted by molar-refractivity contribution is 9.10. The summed E-state index contributed by atoms with van der Waals surface area (Å²) in [5.41, 5.74) is 0. The Balaban J connectivity index is 1.69. The molecule has 0 spiro atoms. The van der Waals surface area contributed by atoms with Crippen molar-refractivity contribution in [2.24, 2.45) is 0 Å². The minimum absolute atomic E-state index is 0.632. The third kappa shape index (κ3) is 3.99. The van der Waals surface area contributed by atoms with Crippen molar-refractivity contribution in [2.45, 2.75) is 19.4 Å². The van der Waals surface area contributed by atoms with Crippen molar-refractivity contribution in [3.05, 3.63) is 40.5 Å². The molecule has 0 saturated carbocycles. The molecule has 0 aliphatic rings. The van der Waals surface area contributed by atoms with E-state index in [0.29, 0.717) is 5.02 Å². The van der Waals surface area contributed by atoms with Crippen molar-refractivity contribution < 1.29 is 0 Å². The molecular formula is C12H14BrClN4. The van der Waals surface area contributed by atoms with E-state index in [-0.39, 0.29) is 0 Å². The van der Waals surface area contributed by atoms with E-state index in [9.17, 15) is 0 Å². The maximum Gasteiger partial charge on any atom is 0.140 e. The van der Waals surface area contributed by atoms with Crippen LogP contribution < -0.4 is 5.32 Å². The highest BCUT2D eigenvalue weighted by atomic mass is 79.9. The van der Waals surface area contributed by atoms with E-state index in [1.807, 2.05) is 18.6 Å². The largest absolute Gasteiger partial charge is 0.369 e. The molecular weight excluding hydrogens is 316 g/mol. The van der Waals surface area contributed by atoms with Crippen LogP contribution in [0, 0.1) is 0 Å². The first-order valence-electron chi connectivity index (χ1n) is 5.76. The number of unbranched alkanes of at least 4 members (excludes halogenated alkanes) is 1. The molecule has 2 rings (SSSR count). The smallest absolute Gasteiger partial charge is 0.140 e. The van der Waals surface area contributed by atoms with Crippen molar-refractivity contribution in [2.75, 3.05) is 11.9 Å². The number of halogens is 2. The van der Waals surface area contributed by atoms with Gasteiger partial charge in [-0.25, -0.2) is 9.97 Å². The van der Waals surface area contributed by atoms with E-state index in [1.54, 1.807) is 12.4 Å². The Labute approximate surface area is 120 Å². The number of aromatic nitrogens is 3. The minimum atomic E-state index is 0.632. The van der Waals surface area contributed by atoms with Gasteiger partial charge in [0.1, 0.15) is 5.82 Å². The normalized spacial score (nSPS) is 10.6. The monoisotopic (exact) mass is 328 g/mol. The Morgan fingerprint density at radius 1 is 1.39 bits per heavy atom. The lowest BCUT2D eigenvalue weighted by molar-refractivity contribution is 0.620. The zero-order chi connectivity index (χ0) is 12.8. The predicted octanol–water partition coefficient (Wildman–Crippen LogP) is 3.59. The fraction of sp³-hybridized carbons (Fsp3) is 0.333. The van der Waals surface area contributed by atoms with Gasteiger partial charge in [0.15, 0.2) is 0 Å². The second-order valence-corrected chi connectivity index (χ2v) is 5.21. The van der Waals surface area contributed by atoms with Crippen molar-refractivity contribution in [1.29, 1.82) is 0 Å². The summed E-state index contributed by atoms with van der Waals surface area (Å²) in [4.78, 5) is 8.23. The van der Waals surface area contributed by atoms with Gasteiger partial charge in [-0.1, -0.05) is 11.6 Å². The summed E-state index contributed by atoms with van der Waals surface area (Å²) in [6.45, 7) is 1.89. The quantitative estimate of drug-likeness (QED) is 0.824. The molecule has 96 valence electrons. The third-order valence-corrected chi connectivity index (χ3v) is 3.31. The summed E-state index contributed by atoms with van der Waals surface area (Å²) in [7, 11) is 0. The molecule has 0 bridgehead atoms. The van der Waals surface area contributed by atoms with Crippen molar-refractivity contribution in [3.63, 3.8) is 0 Å². The number of imidazole rings is 1. The number of aryl methyl sites for hydroxylation is 1. The molecule has 0 unspecified atom stereocenters. The van der Waals surface area contributed by atoms with Crippen molar-refractivity contribution >= 4 is 33.3 Å². The summed E-state index contributed by atoms with van der Waals surface area (Å²) in [6.07, 6.45) is 9.44. The molecule has 0 atom stereocenters. The SMILES string of the molecule is Clc1cnc(NCCCCn2ccnc2)c(Br)c1. The Kier molecular flexibility index (Phi) is 5.01. The van der Waals surface area contributed by atoms with Crippen LogP contribution in [-0.4, -0.2) is 21.1 Å². The number of anilines is 1. The average molecular weight is 330 g/mol. The number of rotatable bonds is 6. The van der Waals surface area contributed by atoms with Crippen LogP contribution in [-0.2, 0) is 6.54 Å². The van der Waals surface area contributed by atoms with Crippen molar-refractivity contribution in [3.8, 4) is 0 Å². The molecule has 0 aliphatic heterocycles. The second kappa shape index (κ2) is 6.75. The first-order chi connectivity index (χ1) is 8.75. The Morgan fingerprint density at radius 3 is 3.00 bits per heavy atom. The lowest BCUT2D eigenvalue weighted by atomic mass is 10.3. The molecule has 0 amide bonds. The first-order valence-corrected chi connectivity index (χ1v) is 6.93. The van der Waals surface area contributed by atoms with Gasteiger partial charge >= 0.3 is 0 Å². The van der Waals surface area contributed by atoms with Gasteiger partial charge in [0.2, 0.25) is 0 Å². The molecule has 0 saturated heterocycles. The molecule has 0 aromatic carbocycles. The summed E-state index contributed by atoms with van der Waals surface area (Å²) < 4.78 is 2.97. The summed E-state index contributed by atoms with van der Waals surface area (Å²) in [5.74, 6) is 0.835. The first kappa shape index (κ1) is 13.4. The van der Waals surface area contributed by atoms with Crippen LogP contribution in [0.1, 0.15) is 12.8 Å². The van der Waals surface area contributed by atoms with Gasteiger partial charge in [-0.2, -0.15) is 0 Å². The second-order valence-electron chi connectivity index (χ2n) is 3.92. The highest BCUT2D eigenvalue weighted by Crippen LogP contribution is 2.22. The zero-order valence-corrected chi connectivity index (χ0v) is 12.2. The summed E-state index contributed by atoms with van der Waals surface area (Å²) in [5, 5.41) is 3.91. The van der Waals surface area contributed by atoms with E-state index < -0.39 is 0 Å². The van der Waals surface area contributed by atoms with Crippen LogP contribution in [0.15, 0.2) is 35.5 Å². The number of nitrogens with one attached hydrogen (secondary N) is 1.